The van der Waals surface area contributed by atoms with Crippen molar-refractivity contribution < 1.29 is 39.4 Å². The van der Waals surface area contributed by atoms with Gasteiger partial charge in [-0.2, -0.15) is 0 Å². The summed E-state index contributed by atoms with van der Waals surface area (Å²) < 4.78 is 0. The maximum absolute atomic E-state index is 5.50. The van der Waals surface area contributed by atoms with E-state index >= 15 is 0 Å². The number of aromatic nitrogens is 3. The van der Waals surface area contributed by atoms with E-state index in [4.69, 9.17) is 75.5 Å². The molecule has 6 heterocycles. The molecular weight excluding hydrogens is 1460 g/mol. The van der Waals surface area contributed by atoms with Crippen molar-refractivity contribution in [1.82, 2.24) is 78.8 Å². The average molecular weight is 1590 g/mol. The average Bonchev–Trinajstić information content (AvgIpc) is 1.05. The largest absolute Gasteiger partial charge is 0.311 e. The van der Waals surface area contributed by atoms with Crippen LogP contribution in [-0.4, -0.2) is 127 Å². The maximum atomic E-state index is 5.50. The molecule has 15 nitrogen and oxygen atoms in total. The zero-order valence-corrected chi connectivity index (χ0v) is 66.7. The molecule has 0 amide bonds. The predicted octanol–water partition coefficient (Wildman–Crippen LogP) is 14.4. The van der Waals surface area contributed by atoms with E-state index in [2.05, 4.69) is 134 Å². The van der Waals surface area contributed by atoms with Crippen molar-refractivity contribution in [2.24, 2.45) is 0 Å². The molecule has 0 saturated heterocycles. The van der Waals surface area contributed by atoms with E-state index in [-0.39, 0.29) is 63.6 Å². The van der Waals surface area contributed by atoms with Gasteiger partial charge in [0.25, 0.3) is 0 Å². The number of hydrogen-bond donors (Lipinski definition) is 12. The van der Waals surface area contributed by atoms with E-state index in [0.29, 0.717) is 84.6 Å². The first-order valence-electron chi connectivity index (χ1n) is 38.0. The Bertz CT molecular complexity index is 2420. The van der Waals surface area contributed by atoms with Crippen molar-refractivity contribution in [3.63, 3.8) is 0 Å². The van der Waals surface area contributed by atoms with Gasteiger partial charge >= 0.3 is 100.0 Å². The van der Waals surface area contributed by atoms with Crippen LogP contribution in [0.1, 0.15) is 289 Å². The second kappa shape index (κ2) is 45.0. The van der Waals surface area contributed by atoms with E-state index in [1.807, 2.05) is 0 Å². The molecule has 551 valence electrons. The third-order valence-corrected chi connectivity index (χ3v) is 23.2. The molecule has 8 aliphatic carbocycles. The second-order valence-corrected chi connectivity index (χ2v) is 35.5. The molecule has 97 heavy (non-hydrogen) atoms. The summed E-state index contributed by atoms with van der Waals surface area (Å²) >= 11 is 0.0208. The molecule has 3 aliphatic heterocycles. The van der Waals surface area contributed by atoms with Gasteiger partial charge in [0.15, 0.2) is 0 Å². The fourth-order valence-electron chi connectivity index (χ4n) is 18.3. The Morgan fingerprint density at radius 1 is 0.289 bits per heavy atom. The van der Waals surface area contributed by atoms with Gasteiger partial charge in [0.05, 0.1) is 46.2 Å². The van der Waals surface area contributed by atoms with Crippen LogP contribution in [0.5, 0.6) is 0 Å². The Labute approximate surface area is 629 Å². The van der Waals surface area contributed by atoms with E-state index in [9.17, 15) is 0 Å². The Balaban J connectivity index is 0.000000161. The van der Waals surface area contributed by atoms with Crippen LogP contribution in [0.2, 0.25) is 0 Å². The Morgan fingerprint density at radius 3 is 0.742 bits per heavy atom. The molecule has 6 bridgehead atoms. The molecule has 0 aromatic carbocycles. The molecule has 3 aromatic rings. The minimum Gasteiger partial charge on any atom is -0.311 e. The van der Waals surface area contributed by atoms with E-state index < -0.39 is 0 Å². The zero-order valence-electron chi connectivity index (χ0n) is 58.6. The summed E-state index contributed by atoms with van der Waals surface area (Å²) in [5.74, 6) is 0. The van der Waals surface area contributed by atoms with Gasteiger partial charge in [-0.25, -0.2) is 0 Å². The van der Waals surface area contributed by atoms with Gasteiger partial charge in [0.1, 0.15) is 0 Å². The molecule has 14 rings (SSSR count). The molecule has 6 saturated carbocycles. The minimum absolute atomic E-state index is 0.00694. The van der Waals surface area contributed by atoms with Gasteiger partial charge in [-0.1, -0.05) is 95.2 Å². The van der Waals surface area contributed by atoms with Crippen LogP contribution >= 0.6 is 60.6 Å². The molecule has 8 unspecified atom stereocenters. The Morgan fingerprint density at radius 2 is 0.505 bits per heavy atom. The summed E-state index contributed by atoms with van der Waals surface area (Å²) in [6, 6.07) is 24.5. The van der Waals surface area contributed by atoms with Crippen molar-refractivity contribution in [1.29, 1.82) is 0 Å². The number of nitrogens with zero attached hydrogens (tertiary/aromatic N) is 3. The number of hydrogen-bond acceptors (Lipinski definition) is 15. The Kier molecular flexibility index (Phi) is 37.8. The number of aryl methyl sites for hydroxylation is 2. The topological polar surface area (TPSA) is 183 Å². The smallest absolute Gasteiger partial charge is 0.0609 e. The van der Waals surface area contributed by atoms with Gasteiger partial charge < -0.3 is 63.8 Å². The molecule has 11 aliphatic rings. The van der Waals surface area contributed by atoms with Crippen LogP contribution in [-0.2, 0) is 52.2 Å². The molecular formula is C73H121Cl6Mn3N15. The van der Waals surface area contributed by atoms with Gasteiger partial charge in [-0.15, -0.1) is 0 Å². The van der Waals surface area contributed by atoms with Crippen LogP contribution in [0.25, 0.3) is 0 Å². The SMILES string of the molecule is C[C@@H]1N[C@@H]2CCCCC2NCCNC2CCCC[C@H]2N[C@@H](C)c2cccc1n2.C[C@@H]1N[C@@H]2CCCCC2NCCNC2CCCC[C@H]2N[C@H](C)c2cccc1n2.[Cl][Mn][Cl].[Cl][Mn][Cl].[Cl][Mn][Cl].c1c2c3nc4c1CCCC4N[C@@H]1CCCCC1NCCNC1CCCC[C@H]1NC3CCC2. The van der Waals surface area contributed by atoms with Gasteiger partial charge in [0.2, 0.25) is 0 Å². The third-order valence-electron chi connectivity index (χ3n) is 23.2. The maximum Gasteiger partial charge on any atom is 0.0609 e. The summed E-state index contributed by atoms with van der Waals surface area (Å²) in [6.07, 6.45) is 39.1. The summed E-state index contributed by atoms with van der Waals surface area (Å²) in [5, 5.41) is 47.2. The third kappa shape index (κ3) is 25.5. The first kappa shape index (κ1) is 81.3. The van der Waals surface area contributed by atoms with Crippen molar-refractivity contribution >= 4 is 60.6 Å². The number of fused-ring (bicyclic) bond motifs is 10. The van der Waals surface area contributed by atoms with Crippen LogP contribution in [0.4, 0.5) is 0 Å². The van der Waals surface area contributed by atoms with Gasteiger partial charge in [-0.3, -0.25) is 15.0 Å². The minimum atomic E-state index is 0.00694. The molecule has 6 fully saturated rings. The summed E-state index contributed by atoms with van der Waals surface area (Å²) in [7, 11) is 28.8. The van der Waals surface area contributed by atoms with E-state index in [0.717, 1.165) is 39.3 Å². The second-order valence-electron chi connectivity index (χ2n) is 29.7. The quantitative estimate of drug-likeness (QED) is 0.0955. The van der Waals surface area contributed by atoms with Crippen molar-refractivity contribution in [3.8, 4) is 0 Å². The van der Waals surface area contributed by atoms with Crippen LogP contribution in [0.3, 0.4) is 0 Å². The van der Waals surface area contributed by atoms with Crippen molar-refractivity contribution in [3.05, 3.63) is 87.8 Å². The van der Waals surface area contributed by atoms with E-state index in [1.165, 1.54) is 238 Å². The molecule has 18 atom stereocenters. The molecule has 24 heteroatoms. The van der Waals surface area contributed by atoms with Crippen LogP contribution in [0, 0.1) is 0 Å². The number of pyridine rings is 3. The van der Waals surface area contributed by atoms with Crippen LogP contribution < -0.4 is 63.8 Å². The summed E-state index contributed by atoms with van der Waals surface area (Å²) in [4.78, 5) is 15.6. The molecule has 0 spiro atoms. The Hall–Kier alpha value is 0.268. The van der Waals surface area contributed by atoms with Crippen molar-refractivity contribution in [2.75, 3.05) is 39.3 Å². The van der Waals surface area contributed by atoms with E-state index in [1.54, 1.807) is 0 Å². The summed E-state index contributed by atoms with van der Waals surface area (Å²) in [6.45, 7) is 15.5. The summed E-state index contributed by atoms with van der Waals surface area (Å²) in [5.41, 5.74) is 10.5. The predicted molar refractivity (Wildman–Crippen MR) is 396 cm³/mol. The molecule has 3 aromatic heterocycles. The first-order chi connectivity index (χ1) is 47.5. The fraction of sp³-hybridized carbons (Fsp3) is 0.795. The number of rotatable bonds is 0. The number of halogens is 6. The molecule has 0 radical (unpaired) electrons. The van der Waals surface area contributed by atoms with Gasteiger partial charge in [0, 0.05) is 136 Å². The standard InChI is InChI=1S/C27H43N5.2C23H39N5.6ClH.3Mn/c1-3-11-22-20(9-1)28-15-16-29-21-10-2-4-12-23(21)31-25-14-6-8-19-17-18-7-5-13-24(30-22)26(18)32-27(19)25;2*1-16-18-12-7-13-19(28-18)17(2)27-23-11-6-4-9-21(23)25-15-14-24-20-8-3-5-10-22(20)26-16;;;;;;;;;/h17,20-25,28-31H,1-16H2;2*7,12-13,16-17,20-27H,3-6,8-11,14-15H2,1-2H3;6*1H;;;/q;;;;;;;;;3*+2/p-6/t20?,21?,22-,23-,24?,25?;16-,17+,20?,21?,22-,23-;16-,17-,20?,21?,22+,23+;;;;;;;;;/m110........./s1. The number of nitrogens with one attached hydrogen (secondary N) is 12. The molecule has 12 N–H and O–H groups in total. The van der Waals surface area contributed by atoms with Crippen LogP contribution in [0.15, 0.2) is 42.5 Å². The monoisotopic (exact) mass is 1580 g/mol. The zero-order chi connectivity index (χ0) is 68.1. The fourth-order valence-corrected chi connectivity index (χ4v) is 18.3. The van der Waals surface area contributed by atoms with Gasteiger partial charge in [-0.05, 0) is 179 Å². The van der Waals surface area contributed by atoms with Crippen molar-refractivity contribution in [2.45, 2.75) is 329 Å². The first-order valence-corrected chi connectivity index (χ1v) is 47.8. The normalized spacial score (nSPS) is 34.9.